The van der Waals surface area contributed by atoms with E-state index < -0.39 is 0 Å². The molecule has 2 N–H and O–H groups in total. The van der Waals surface area contributed by atoms with Crippen molar-refractivity contribution in [1.82, 2.24) is 15.5 Å². The van der Waals surface area contributed by atoms with Crippen LogP contribution in [0.4, 0.5) is 0 Å². The molecule has 0 bridgehead atoms. The second-order valence-electron chi connectivity index (χ2n) is 3.52. The fourth-order valence-electron chi connectivity index (χ4n) is 1.37. The molecule has 0 heterocycles. The summed E-state index contributed by atoms with van der Waals surface area (Å²) in [4.78, 5) is 24.5. The van der Waals surface area contributed by atoms with Gasteiger partial charge >= 0.3 is 0 Å². The van der Waals surface area contributed by atoms with Gasteiger partial charge in [-0.2, -0.15) is 0 Å². The summed E-state index contributed by atoms with van der Waals surface area (Å²) in [5.74, 6) is 0.0839. The smallest absolute Gasteiger partial charge is 0.224 e. The Labute approximate surface area is 97.6 Å². The molecule has 0 saturated carbocycles. The van der Waals surface area contributed by atoms with Crippen LogP contribution in [0.1, 0.15) is 26.7 Å². The maximum absolute atomic E-state index is 11.6. The lowest BCUT2D eigenvalue weighted by molar-refractivity contribution is -0.130. The summed E-state index contributed by atoms with van der Waals surface area (Å²) in [5, 5.41) is 5.62. The van der Waals surface area contributed by atoms with Crippen molar-refractivity contribution >= 4 is 11.8 Å². The van der Waals surface area contributed by atoms with Crippen LogP contribution >= 0.6 is 0 Å². The fourth-order valence-corrected chi connectivity index (χ4v) is 1.37. The van der Waals surface area contributed by atoms with E-state index in [0.29, 0.717) is 25.9 Å². The van der Waals surface area contributed by atoms with Gasteiger partial charge < -0.3 is 15.5 Å². The van der Waals surface area contributed by atoms with Crippen LogP contribution in [0.2, 0.25) is 0 Å². The number of amides is 2. The average molecular weight is 229 g/mol. The van der Waals surface area contributed by atoms with E-state index in [0.717, 1.165) is 13.1 Å². The predicted octanol–water partition coefficient (Wildman–Crippen LogP) is -0.0294. The van der Waals surface area contributed by atoms with Crippen LogP contribution in [0, 0.1) is 0 Å². The van der Waals surface area contributed by atoms with E-state index in [1.165, 1.54) is 0 Å². The molecule has 0 aromatic rings. The van der Waals surface area contributed by atoms with E-state index in [-0.39, 0.29) is 11.8 Å². The van der Waals surface area contributed by atoms with Crippen molar-refractivity contribution < 1.29 is 9.59 Å². The first-order chi connectivity index (χ1) is 7.65. The van der Waals surface area contributed by atoms with Gasteiger partial charge in [-0.25, -0.2) is 0 Å². The predicted molar refractivity (Wildman–Crippen MR) is 64.1 cm³/mol. The first kappa shape index (κ1) is 14.9. The summed E-state index contributed by atoms with van der Waals surface area (Å²) >= 11 is 0. The van der Waals surface area contributed by atoms with Crippen LogP contribution in [0.3, 0.4) is 0 Å². The maximum atomic E-state index is 11.6. The van der Waals surface area contributed by atoms with Gasteiger partial charge in [0, 0.05) is 39.0 Å². The Hall–Kier alpha value is -1.10. The zero-order valence-corrected chi connectivity index (χ0v) is 10.5. The van der Waals surface area contributed by atoms with E-state index in [4.69, 9.17) is 0 Å². The summed E-state index contributed by atoms with van der Waals surface area (Å²) < 4.78 is 0. The molecule has 0 spiro atoms. The Morgan fingerprint density at radius 1 is 1.06 bits per heavy atom. The van der Waals surface area contributed by atoms with Crippen LogP contribution in [-0.2, 0) is 9.59 Å². The van der Waals surface area contributed by atoms with Crippen molar-refractivity contribution in [3.8, 4) is 0 Å². The molecule has 5 heteroatoms. The number of carbonyl (C=O) groups is 2. The van der Waals surface area contributed by atoms with Gasteiger partial charge in [0.1, 0.15) is 0 Å². The largest absolute Gasteiger partial charge is 0.356 e. The van der Waals surface area contributed by atoms with Gasteiger partial charge in [0.25, 0.3) is 0 Å². The third kappa shape index (κ3) is 6.40. The molecule has 0 aliphatic carbocycles. The molecule has 2 amide bonds. The van der Waals surface area contributed by atoms with E-state index in [9.17, 15) is 9.59 Å². The Morgan fingerprint density at radius 3 is 2.19 bits per heavy atom. The Balaban J connectivity index is 3.64. The normalized spacial score (nSPS) is 9.94. The molecule has 0 atom stereocenters. The summed E-state index contributed by atoms with van der Waals surface area (Å²) in [6, 6.07) is 0. The Morgan fingerprint density at radius 2 is 1.69 bits per heavy atom. The zero-order chi connectivity index (χ0) is 12.4. The van der Waals surface area contributed by atoms with Crippen LogP contribution < -0.4 is 10.6 Å². The molecule has 0 radical (unpaired) electrons. The molecule has 0 fully saturated rings. The average Bonchev–Trinajstić information content (AvgIpc) is 2.28. The van der Waals surface area contributed by atoms with Gasteiger partial charge in [-0.15, -0.1) is 0 Å². The van der Waals surface area contributed by atoms with Gasteiger partial charge in [0.15, 0.2) is 0 Å². The standard InChI is InChI=1S/C11H23N3O2/c1-4-14(5-2)11(16)7-9-13-10(15)6-8-12-3/h12H,4-9H2,1-3H3,(H,13,15). The first-order valence-electron chi connectivity index (χ1n) is 5.84. The highest BCUT2D eigenvalue weighted by Gasteiger charge is 2.09. The second-order valence-corrected chi connectivity index (χ2v) is 3.52. The van der Waals surface area contributed by atoms with Crippen molar-refractivity contribution in [2.24, 2.45) is 0 Å². The monoisotopic (exact) mass is 229 g/mol. The second kappa shape index (κ2) is 9.15. The van der Waals surface area contributed by atoms with Crippen molar-refractivity contribution in [1.29, 1.82) is 0 Å². The van der Waals surface area contributed by atoms with E-state index in [2.05, 4.69) is 10.6 Å². The highest BCUT2D eigenvalue weighted by atomic mass is 16.2. The van der Waals surface area contributed by atoms with Crippen LogP contribution in [0.5, 0.6) is 0 Å². The van der Waals surface area contributed by atoms with Crippen LogP contribution in [0.25, 0.3) is 0 Å². The SMILES string of the molecule is CCN(CC)C(=O)CCNC(=O)CCNC. The minimum atomic E-state index is -0.0123. The molecule has 0 aromatic heterocycles. The van der Waals surface area contributed by atoms with Crippen molar-refractivity contribution in [2.75, 3.05) is 33.2 Å². The van der Waals surface area contributed by atoms with Gasteiger partial charge in [-0.05, 0) is 20.9 Å². The number of hydrogen-bond donors (Lipinski definition) is 2. The Bertz CT molecular complexity index is 215. The van der Waals surface area contributed by atoms with E-state index in [1.54, 1.807) is 11.9 Å². The first-order valence-corrected chi connectivity index (χ1v) is 5.84. The lowest BCUT2D eigenvalue weighted by Gasteiger charge is -2.18. The fraction of sp³-hybridized carbons (Fsp3) is 0.818. The molecule has 0 unspecified atom stereocenters. The highest BCUT2D eigenvalue weighted by molar-refractivity contribution is 5.79. The Kier molecular flexibility index (Phi) is 8.52. The van der Waals surface area contributed by atoms with Crippen molar-refractivity contribution in [2.45, 2.75) is 26.7 Å². The highest BCUT2D eigenvalue weighted by Crippen LogP contribution is 1.92. The molecule has 0 aliphatic rings. The number of rotatable bonds is 8. The number of hydrogen-bond acceptors (Lipinski definition) is 3. The molecular formula is C11H23N3O2. The van der Waals surface area contributed by atoms with Gasteiger partial charge in [-0.3, -0.25) is 9.59 Å². The molecule has 94 valence electrons. The summed E-state index contributed by atoms with van der Waals surface area (Å²) in [7, 11) is 1.80. The van der Waals surface area contributed by atoms with E-state index >= 15 is 0 Å². The van der Waals surface area contributed by atoms with Crippen molar-refractivity contribution in [3.63, 3.8) is 0 Å². The summed E-state index contributed by atoms with van der Waals surface area (Å²) in [5.41, 5.74) is 0. The van der Waals surface area contributed by atoms with Crippen LogP contribution in [0.15, 0.2) is 0 Å². The molecule has 5 nitrogen and oxygen atoms in total. The molecule has 0 saturated heterocycles. The third-order valence-electron chi connectivity index (χ3n) is 2.38. The molecule has 0 aliphatic heterocycles. The third-order valence-corrected chi connectivity index (χ3v) is 2.38. The summed E-state index contributed by atoms with van der Waals surface area (Å²) in [6.45, 7) is 6.44. The lowest BCUT2D eigenvalue weighted by Crippen LogP contribution is -2.34. The molecular weight excluding hydrogens is 206 g/mol. The number of nitrogens with one attached hydrogen (secondary N) is 2. The van der Waals surface area contributed by atoms with E-state index in [1.807, 2.05) is 13.8 Å². The molecule has 0 rings (SSSR count). The zero-order valence-electron chi connectivity index (χ0n) is 10.5. The molecule has 0 aromatic carbocycles. The number of carbonyl (C=O) groups excluding carboxylic acids is 2. The lowest BCUT2D eigenvalue weighted by atomic mass is 10.3. The van der Waals surface area contributed by atoms with Gasteiger partial charge in [-0.1, -0.05) is 0 Å². The topological polar surface area (TPSA) is 61.4 Å². The minimum absolute atomic E-state index is 0.0123. The van der Waals surface area contributed by atoms with Crippen LogP contribution in [-0.4, -0.2) is 49.9 Å². The quantitative estimate of drug-likeness (QED) is 0.614. The molecule has 16 heavy (non-hydrogen) atoms. The number of nitrogens with zero attached hydrogens (tertiary/aromatic N) is 1. The van der Waals surface area contributed by atoms with Gasteiger partial charge in [0.2, 0.25) is 11.8 Å². The maximum Gasteiger partial charge on any atom is 0.224 e. The van der Waals surface area contributed by atoms with Crippen molar-refractivity contribution in [3.05, 3.63) is 0 Å². The summed E-state index contributed by atoms with van der Waals surface area (Å²) in [6.07, 6.45) is 0.836. The minimum Gasteiger partial charge on any atom is -0.356 e. The van der Waals surface area contributed by atoms with Gasteiger partial charge in [0.05, 0.1) is 0 Å².